The average Bonchev–Trinajstić information content (AvgIpc) is 3.31. The number of carbonyl (C=O) groups excluding carboxylic acids is 1. The van der Waals surface area contributed by atoms with Crippen LogP contribution in [0.25, 0.3) is 10.8 Å². The summed E-state index contributed by atoms with van der Waals surface area (Å²) in [4.78, 5) is 15.2. The van der Waals surface area contributed by atoms with Crippen molar-refractivity contribution in [1.29, 1.82) is 0 Å². The molecule has 1 aliphatic rings. The predicted molar refractivity (Wildman–Crippen MR) is 92.3 cm³/mol. The monoisotopic (exact) mass is 360 g/mol. The Balaban J connectivity index is 1.40. The van der Waals surface area contributed by atoms with Crippen molar-refractivity contribution in [3.63, 3.8) is 0 Å². The van der Waals surface area contributed by atoms with Crippen LogP contribution in [0.1, 0.15) is 45.3 Å². The minimum atomic E-state index is -0.316. The third kappa shape index (κ3) is 3.27. The molecule has 7 heteroatoms. The van der Waals surface area contributed by atoms with E-state index < -0.39 is 0 Å². The van der Waals surface area contributed by atoms with Crippen LogP contribution in [0.2, 0.25) is 0 Å². The van der Waals surface area contributed by atoms with E-state index in [1.165, 1.54) is 41.0 Å². The fourth-order valence-electron chi connectivity index (χ4n) is 2.78. The number of hydrogen-bond donors (Lipinski definition) is 0. The molecule has 0 aliphatic heterocycles. The molecular weight excluding hydrogens is 344 g/mol. The van der Waals surface area contributed by atoms with Crippen LogP contribution >= 0.6 is 22.7 Å². The Morgan fingerprint density at radius 1 is 1.25 bits per heavy atom. The van der Waals surface area contributed by atoms with Crippen LogP contribution < -0.4 is 0 Å². The minimum absolute atomic E-state index is 0.000223. The van der Waals surface area contributed by atoms with E-state index in [9.17, 15) is 4.79 Å². The van der Waals surface area contributed by atoms with Crippen LogP contribution in [0.15, 0.2) is 28.0 Å². The number of thiophene rings is 2. The summed E-state index contributed by atoms with van der Waals surface area (Å²) in [6.07, 6.45) is 5.81. The first kappa shape index (κ1) is 15.5. The lowest BCUT2D eigenvalue weighted by atomic mass is 10.1. The molecule has 0 saturated heterocycles. The lowest BCUT2D eigenvalue weighted by Gasteiger charge is -1.99. The van der Waals surface area contributed by atoms with Gasteiger partial charge < -0.3 is 9.15 Å². The number of nitrogens with zero attached hydrogens (tertiary/aromatic N) is 2. The fourth-order valence-corrected chi connectivity index (χ4v) is 4.57. The Kier molecular flexibility index (Phi) is 4.44. The molecule has 0 radical (unpaired) electrons. The summed E-state index contributed by atoms with van der Waals surface area (Å²) in [6.45, 7) is -0.000223. The van der Waals surface area contributed by atoms with Crippen molar-refractivity contribution in [3.8, 4) is 10.8 Å². The second-order valence-electron chi connectivity index (χ2n) is 5.67. The molecule has 0 spiro atoms. The predicted octanol–water partition coefficient (Wildman–Crippen LogP) is 4.49. The van der Waals surface area contributed by atoms with Gasteiger partial charge in [-0.1, -0.05) is 12.5 Å². The third-order valence-electron chi connectivity index (χ3n) is 3.97. The van der Waals surface area contributed by atoms with Crippen LogP contribution in [0, 0.1) is 0 Å². The summed E-state index contributed by atoms with van der Waals surface area (Å²) in [7, 11) is 0. The van der Waals surface area contributed by atoms with Gasteiger partial charge in [0.15, 0.2) is 6.61 Å². The molecule has 24 heavy (non-hydrogen) atoms. The number of rotatable bonds is 4. The van der Waals surface area contributed by atoms with Crippen LogP contribution in [0.4, 0.5) is 0 Å². The summed E-state index contributed by atoms with van der Waals surface area (Å²) in [5.41, 5.74) is 1.31. The summed E-state index contributed by atoms with van der Waals surface area (Å²) >= 11 is 3.08. The molecule has 1 aliphatic carbocycles. The highest BCUT2D eigenvalue weighted by Crippen LogP contribution is 2.29. The summed E-state index contributed by atoms with van der Waals surface area (Å²) in [5, 5.41) is 9.85. The quantitative estimate of drug-likeness (QED) is 0.507. The molecule has 0 N–H and O–H groups in total. The topological polar surface area (TPSA) is 65.2 Å². The van der Waals surface area contributed by atoms with Crippen molar-refractivity contribution < 1.29 is 13.9 Å². The van der Waals surface area contributed by atoms with Crippen molar-refractivity contribution in [2.24, 2.45) is 0 Å². The van der Waals surface area contributed by atoms with E-state index in [1.54, 1.807) is 11.3 Å². The van der Waals surface area contributed by atoms with Crippen LogP contribution in [-0.4, -0.2) is 16.2 Å². The van der Waals surface area contributed by atoms with Gasteiger partial charge in [-0.25, -0.2) is 4.79 Å². The summed E-state index contributed by atoms with van der Waals surface area (Å²) in [6, 6.07) is 5.82. The average molecular weight is 360 g/mol. The molecule has 0 saturated carbocycles. The molecule has 0 atom stereocenters. The zero-order chi connectivity index (χ0) is 16.4. The SMILES string of the molecule is O=C(OCc1nnc(-c2cccs2)o1)c1cc2c(s1)CCCCC2. The van der Waals surface area contributed by atoms with Crippen LogP contribution in [-0.2, 0) is 24.2 Å². The van der Waals surface area contributed by atoms with E-state index in [0.717, 1.165) is 17.7 Å². The highest BCUT2D eigenvalue weighted by atomic mass is 32.1. The molecule has 4 rings (SSSR count). The van der Waals surface area contributed by atoms with Gasteiger partial charge >= 0.3 is 5.97 Å². The smallest absolute Gasteiger partial charge is 0.348 e. The highest BCUT2D eigenvalue weighted by molar-refractivity contribution is 7.14. The van der Waals surface area contributed by atoms with E-state index in [2.05, 4.69) is 10.2 Å². The van der Waals surface area contributed by atoms with Gasteiger partial charge in [0.1, 0.15) is 4.88 Å². The van der Waals surface area contributed by atoms with E-state index >= 15 is 0 Å². The molecule has 0 aromatic carbocycles. The number of carbonyl (C=O) groups is 1. The highest BCUT2D eigenvalue weighted by Gasteiger charge is 2.18. The Hall–Kier alpha value is -1.99. The molecule has 0 amide bonds. The number of ether oxygens (including phenoxy) is 1. The minimum Gasteiger partial charge on any atom is -0.451 e. The maximum Gasteiger partial charge on any atom is 0.348 e. The Bertz CT molecular complexity index is 813. The van der Waals surface area contributed by atoms with Gasteiger partial charge in [0.2, 0.25) is 0 Å². The molecule has 0 unspecified atom stereocenters. The standard InChI is InChI=1S/C17H16N2O3S2/c20-17(14-9-11-5-2-1-3-6-12(11)24-14)21-10-15-18-19-16(22-15)13-7-4-8-23-13/h4,7-9H,1-3,5-6,10H2. The molecule has 124 valence electrons. The second-order valence-corrected chi connectivity index (χ2v) is 7.76. The number of hydrogen-bond acceptors (Lipinski definition) is 7. The Morgan fingerprint density at radius 2 is 2.17 bits per heavy atom. The molecule has 0 bridgehead atoms. The van der Waals surface area contributed by atoms with Crippen molar-refractivity contribution in [2.45, 2.75) is 38.7 Å². The van der Waals surface area contributed by atoms with E-state index in [0.29, 0.717) is 16.7 Å². The van der Waals surface area contributed by atoms with E-state index in [-0.39, 0.29) is 12.6 Å². The first-order valence-electron chi connectivity index (χ1n) is 7.94. The first-order valence-corrected chi connectivity index (χ1v) is 9.64. The van der Waals surface area contributed by atoms with Gasteiger partial charge in [-0.2, -0.15) is 0 Å². The van der Waals surface area contributed by atoms with Gasteiger partial charge in [-0.15, -0.1) is 32.9 Å². The second kappa shape index (κ2) is 6.86. The zero-order valence-corrected chi connectivity index (χ0v) is 14.6. The van der Waals surface area contributed by atoms with E-state index in [1.807, 2.05) is 23.6 Å². The van der Waals surface area contributed by atoms with Crippen LogP contribution in [0.3, 0.4) is 0 Å². The van der Waals surface area contributed by atoms with Gasteiger partial charge in [0.05, 0.1) is 4.88 Å². The third-order valence-corrected chi connectivity index (χ3v) is 6.05. The Labute approximate surface area is 147 Å². The lowest BCUT2D eigenvalue weighted by molar-refractivity contribution is 0.0444. The summed E-state index contributed by atoms with van der Waals surface area (Å²) < 4.78 is 10.9. The summed E-state index contributed by atoms with van der Waals surface area (Å²) in [5.74, 6) is 0.452. The molecule has 5 nitrogen and oxygen atoms in total. The van der Waals surface area contributed by atoms with Gasteiger partial charge in [-0.05, 0) is 48.8 Å². The molecule has 3 aromatic heterocycles. The maximum absolute atomic E-state index is 12.3. The maximum atomic E-state index is 12.3. The van der Waals surface area contributed by atoms with Crippen LogP contribution in [0.5, 0.6) is 0 Å². The van der Waals surface area contributed by atoms with Crippen molar-refractivity contribution >= 4 is 28.6 Å². The van der Waals surface area contributed by atoms with Gasteiger partial charge in [0.25, 0.3) is 11.8 Å². The van der Waals surface area contributed by atoms with Gasteiger partial charge in [-0.3, -0.25) is 0 Å². The van der Waals surface area contributed by atoms with Crippen molar-refractivity contribution in [1.82, 2.24) is 10.2 Å². The Morgan fingerprint density at radius 3 is 3.04 bits per heavy atom. The normalized spacial score (nSPS) is 14.2. The number of esters is 1. The largest absolute Gasteiger partial charge is 0.451 e. The number of fused-ring (bicyclic) bond motifs is 1. The lowest BCUT2D eigenvalue weighted by Crippen LogP contribution is -2.03. The van der Waals surface area contributed by atoms with Crippen molar-refractivity contribution in [3.05, 3.63) is 44.8 Å². The number of aromatic nitrogens is 2. The molecule has 3 aromatic rings. The fraction of sp³-hybridized carbons (Fsp3) is 0.353. The molecule has 0 fully saturated rings. The van der Waals surface area contributed by atoms with Gasteiger partial charge in [0, 0.05) is 4.88 Å². The zero-order valence-electron chi connectivity index (χ0n) is 13.0. The first-order chi connectivity index (χ1) is 11.8. The molecular formula is C17H16N2O3S2. The molecule has 3 heterocycles. The number of aryl methyl sites for hydroxylation is 2. The van der Waals surface area contributed by atoms with E-state index in [4.69, 9.17) is 9.15 Å². The van der Waals surface area contributed by atoms with Crippen molar-refractivity contribution in [2.75, 3.05) is 0 Å².